The zero-order valence-electron chi connectivity index (χ0n) is 9.97. The van der Waals surface area contributed by atoms with Crippen LogP contribution < -0.4 is 5.32 Å². The molecule has 0 aliphatic heterocycles. The second-order valence-electron chi connectivity index (χ2n) is 3.87. The Kier molecular flexibility index (Phi) is 4.11. The molecule has 96 valence electrons. The third-order valence-electron chi connectivity index (χ3n) is 2.45. The van der Waals surface area contributed by atoms with Crippen molar-refractivity contribution in [2.24, 2.45) is 0 Å². The second kappa shape index (κ2) is 5.79. The maximum absolute atomic E-state index is 8.77. The summed E-state index contributed by atoms with van der Waals surface area (Å²) in [5.74, 6) is 0. The van der Waals surface area contributed by atoms with Crippen LogP contribution in [0.3, 0.4) is 0 Å². The number of aliphatic hydroxyl groups excluding tert-OH is 1. The van der Waals surface area contributed by atoms with Crippen LogP contribution in [0.1, 0.15) is 11.3 Å². The fourth-order valence-corrected chi connectivity index (χ4v) is 1.74. The molecule has 0 saturated carbocycles. The minimum Gasteiger partial charge on any atom is -0.394 e. The van der Waals surface area contributed by atoms with Crippen molar-refractivity contribution < 1.29 is 5.11 Å². The van der Waals surface area contributed by atoms with Crippen molar-refractivity contribution in [1.29, 1.82) is 0 Å². The molecule has 0 saturated heterocycles. The van der Waals surface area contributed by atoms with Gasteiger partial charge in [-0.05, 0) is 18.6 Å². The van der Waals surface area contributed by atoms with E-state index in [4.69, 9.17) is 16.7 Å². The number of anilines is 1. The molecule has 2 rings (SSSR count). The average molecular weight is 268 g/mol. The first kappa shape index (κ1) is 12.8. The number of nitrogens with one attached hydrogen (secondary N) is 1. The van der Waals surface area contributed by atoms with Gasteiger partial charge in [-0.15, -0.1) is 5.10 Å². The summed E-state index contributed by atoms with van der Waals surface area (Å²) in [6.07, 6.45) is 3.48. The van der Waals surface area contributed by atoms with Crippen LogP contribution in [0.5, 0.6) is 0 Å². The summed E-state index contributed by atoms with van der Waals surface area (Å²) in [4.78, 5) is 4.02. The number of hydrogen-bond donors (Lipinski definition) is 2. The van der Waals surface area contributed by atoms with E-state index in [0.29, 0.717) is 18.2 Å². The molecule has 0 aliphatic carbocycles. The molecule has 2 N–H and O–H groups in total. The lowest BCUT2D eigenvalue weighted by molar-refractivity contribution is 0.268. The number of pyridine rings is 1. The number of aromatic nitrogens is 4. The summed E-state index contributed by atoms with van der Waals surface area (Å²) in [7, 11) is 0. The van der Waals surface area contributed by atoms with Crippen molar-refractivity contribution in [3.8, 4) is 0 Å². The van der Waals surface area contributed by atoms with E-state index in [1.165, 1.54) is 0 Å². The lowest BCUT2D eigenvalue weighted by Gasteiger charge is -2.07. The van der Waals surface area contributed by atoms with Gasteiger partial charge in [0.1, 0.15) is 10.8 Å². The average Bonchev–Trinajstić information content (AvgIpc) is 2.76. The molecule has 0 fully saturated rings. The smallest absolute Gasteiger partial charge is 0.129 e. The van der Waals surface area contributed by atoms with E-state index in [1.54, 1.807) is 23.1 Å². The summed E-state index contributed by atoms with van der Waals surface area (Å²) in [5.41, 5.74) is 2.74. The van der Waals surface area contributed by atoms with Gasteiger partial charge in [-0.2, -0.15) is 0 Å². The predicted molar refractivity (Wildman–Crippen MR) is 68.4 cm³/mol. The van der Waals surface area contributed by atoms with Gasteiger partial charge in [0, 0.05) is 0 Å². The summed E-state index contributed by atoms with van der Waals surface area (Å²) in [6.45, 7) is 3.01. The highest BCUT2D eigenvalue weighted by atomic mass is 35.5. The molecule has 0 radical (unpaired) electrons. The Morgan fingerprint density at radius 2 is 2.33 bits per heavy atom. The Morgan fingerprint density at radius 1 is 1.50 bits per heavy atom. The molecule has 0 amide bonds. The predicted octanol–water partition coefficient (Wildman–Crippen LogP) is 1.24. The molecule has 0 aliphatic rings. The standard InChI is InChI=1S/C11H14ClN5O/c1-8-4-11(12)14-6-10(8)13-5-9-7-17(2-3-18)16-15-9/h4,6-7,13,18H,2-3,5H2,1H3. The summed E-state index contributed by atoms with van der Waals surface area (Å²) < 4.78 is 1.60. The molecular weight excluding hydrogens is 254 g/mol. The number of hydrogen-bond acceptors (Lipinski definition) is 5. The Balaban J connectivity index is 1.97. The largest absolute Gasteiger partial charge is 0.394 e. The highest BCUT2D eigenvalue weighted by Gasteiger charge is 2.03. The van der Waals surface area contributed by atoms with E-state index in [-0.39, 0.29) is 6.61 Å². The number of nitrogens with zero attached hydrogens (tertiary/aromatic N) is 4. The third kappa shape index (κ3) is 3.18. The minimum absolute atomic E-state index is 0.0520. The first-order valence-corrected chi connectivity index (χ1v) is 5.92. The molecular formula is C11H14ClN5O. The van der Waals surface area contributed by atoms with E-state index >= 15 is 0 Å². The first-order chi connectivity index (χ1) is 8.69. The number of aliphatic hydroxyl groups is 1. The van der Waals surface area contributed by atoms with Gasteiger partial charge < -0.3 is 10.4 Å². The summed E-state index contributed by atoms with van der Waals surface area (Å²) in [6, 6.07) is 1.80. The van der Waals surface area contributed by atoms with Crippen LogP contribution in [0.2, 0.25) is 5.15 Å². The summed E-state index contributed by atoms with van der Waals surface area (Å²) >= 11 is 5.78. The monoisotopic (exact) mass is 267 g/mol. The molecule has 2 heterocycles. The van der Waals surface area contributed by atoms with Crippen LogP contribution in [0.4, 0.5) is 5.69 Å². The fourth-order valence-electron chi connectivity index (χ4n) is 1.52. The number of halogens is 1. The van der Waals surface area contributed by atoms with Gasteiger partial charge in [0.15, 0.2) is 0 Å². The Hall–Kier alpha value is -1.66. The first-order valence-electron chi connectivity index (χ1n) is 5.55. The third-order valence-corrected chi connectivity index (χ3v) is 2.66. The molecule has 0 bridgehead atoms. The molecule has 18 heavy (non-hydrogen) atoms. The Labute approximate surface area is 110 Å². The molecule has 0 unspecified atom stereocenters. The van der Waals surface area contributed by atoms with Crippen molar-refractivity contribution >= 4 is 17.3 Å². The zero-order valence-corrected chi connectivity index (χ0v) is 10.7. The van der Waals surface area contributed by atoms with Gasteiger partial charge in [-0.25, -0.2) is 9.67 Å². The van der Waals surface area contributed by atoms with Crippen LogP contribution in [0, 0.1) is 6.92 Å². The quantitative estimate of drug-likeness (QED) is 0.797. The lowest BCUT2D eigenvalue weighted by atomic mass is 10.2. The van der Waals surface area contributed by atoms with Crippen molar-refractivity contribution in [2.75, 3.05) is 11.9 Å². The van der Waals surface area contributed by atoms with Crippen LogP contribution >= 0.6 is 11.6 Å². The molecule has 7 heteroatoms. The molecule has 6 nitrogen and oxygen atoms in total. The topological polar surface area (TPSA) is 75.9 Å². The minimum atomic E-state index is 0.0520. The summed E-state index contributed by atoms with van der Waals surface area (Å²) in [5, 5.41) is 20.3. The van der Waals surface area contributed by atoms with E-state index in [1.807, 2.05) is 6.92 Å². The van der Waals surface area contributed by atoms with Gasteiger partial charge in [0.25, 0.3) is 0 Å². The Bertz CT molecular complexity index is 528. The van der Waals surface area contributed by atoms with E-state index in [2.05, 4.69) is 20.6 Å². The van der Waals surface area contributed by atoms with Crippen LogP contribution in [0.15, 0.2) is 18.5 Å². The van der Waals surface area contributed by atoms with E-state index < -0.39 is 0 Å². The van der Waals surface area contributed by atoms with Gasteiger partial charge in [-0.1, -0.05) is 16.8 Å². The van der Waals surface area contributed by atoms with Crippen molar-refractivity contribution in [3.05, 3.63) is 34.9 Å². The van der Waals surface area contributed by atoms with Crippen LogP contribution in [-0.4, -0.2) is 31.7 Å². The zero-order chi connectivity index (χ0) is 13.0. The molecule has 0 atom stereocenters. The Morgan fingerprint density at radius 3 is 3.06 bits per heavy atom. The molecule has 2 aromatic rings. The van der Waals surface area contributed by atoms with Gasteiger partial charge >= 0.3 is 0 Å². The molecule has 0 spiro atoms. The van der Waals surface area contributed by atoms with Gasteiger partial charge in [0.2, 0.25) is 0 Å². The maximum Gasteiger partial charge on any atom is 0.129 e. The van der Waals surface area contributed by atoms with Gasteiger partial charge in [0.05, 0.1) is 37.8 Å². The van der Waals surface area contributed by atoms with Crippen molar-refractivity contribution in [1.82, 2.24) is 20.0 Å². The van der Waals surface area contributed by atoms with E-state index in [0.717, 1.165) is 16.9 Å². The highest BCUT2D eigenvalue weighted by Crippen LogP contribution is 2.17. The van der Waals surface area contributed by atoms with Crippen molar-refractivity contribution in [2.45, 2.75) is 20.0 Å². The molecule has 2 aromatic heterocycles. The van der Waals surface area contributed by atoms with Crippen molar-refractivity contribution in [3.63, 3.8) is 0 Å². The lowest BCUT2D eigenvalue weighted by Crippen LogP contribution is -2.03. The fraction of sp³-hybridized carbons (Fsp3) is 0.364. The van der Waals surface area contributed by atoms with E-state index in [9.17, 15) is 0 Å². The number of aryl methyl sites for hydroxylation is 1. The maximum atomic E-state index is 8.77. The highest BCUT2D eigenvalue weighted by molar-refractivity contribution is 6.29. The van der Waals surface area contributed by atoms with Gasteiger partial charge in [-0.3, -0.25) is 0 Å². The molecule has 0 aromatic carbocycles. The number of rotatable bonds is 5. The SMILES string of the molecule is Cc1cc(Cl)ncc1NCc1cn(CCO)nn1. The second-order valence-corrected chi connectivity index (χ2v) is 4.26. The van der Waals surface area contributed by atoms with Crippen LogP contribution in [-0.2, 0) is 13.1 Å². The van der Waals surface area contributed by atoms with Crippen LogP contribution in [0.25, 0.3) is 0 Å². The normalized spacial score (nSPS) is 10.6.